The molecule has 2 N–H and O–H groups in total. The van der Waals surface area contributed by atoms with E-state index >= 15 is 0 Å². The van der Waals surface area contributed by atoms with Crippen LogP contribution in [-0.2, 0) is 22.9 Å². The average Bonchev–Trinajstić information content (AvgIpc) is 3.09. The van der Waals surface area contributed by atoms with Gasteiger partial charge in [0.05, 0.1) is 11.4 Å². The summed E-state index contributed by atoms with van der Waals surface area (Å²) in [6.07, 6.45) is 3.43. The number of fused-ring (bicyclic) bond motifs is 1. The molecular formula is C16H21N3O3S. The number of aryl methyl sites for hydroxylation is 4. The molecule has 7 heteroatoms. The van der Waals surface area contributed by atoms with Gasteiger partial charge in [0.25, 0.3) is 0 Å². The summed E-state index contributed by atoms with van der Waals surface area (Å²) in [7, 11) is -3.57. The van der Waals surface area contributed by atoms with Gasteiger partial charge >= 0.3 is 0 Å². The van der Waals surface area contributed by atoms with E-state index in [1.165, 1.54) is 17.5 Å². The molecule has 1 aliphatic rings. The van der Waals surface area contributed by atoms with E-state index < -0.39 is 10.0 Å². The molecule has 1 heterocycles. The maximum atomic E-state index is 12.3. The van der Waals surface area contributed by atoms with Crippen LogP contribution in [0.4, 0.5) is 0 Å². The van der Waals surface area contributed by atoms with E-state index in [0.717, 1.165) is 18.6 Å². The highest BCUT2D eigenvalue weighted by Crippen LogP contribution is 2.25. The van der Waals surface area contributed by atoms with E-state index in [-0.39, 0.29) is 18.0 Å². The highest BCUT2D eigenvalue weighted by Gasteiger charge is 2.21. The topological polar surface area (TPSA) is 84.1 Å². The van der Waals surface area contributed by atoms with Gasteiger partial charge in [-0.2, -0.15) is 5.10 Å². The van der Waals surface area contributed by atoms with Gasteiger partial charge in [-0.05, 0) is 56.4 Å². The lowest BCUT2D eigenvalue weighted by Gasteiger charge is -2.10. The first kappa shape index (κ1) is 16.0. The Balaban J connectivity index is 1.55. The molecule has 1 aromatic heterocycles. The number of hydrogen-bond donors (Lipinski definition) is 2. The number of nitrogens with zero attached hydrogens (tertiary/aromatic N) is 1. The Bertz CT molecular complexity index is 792. The zero-order chi connectivity index (χ0) is 16.4. The van der Waals surface area contributed by atoms with Crippen molar-refractivity contribution in [3.63, 3.8) is 0 Å². The molecule has 0 amide bonds. The molecule has 124 valence electrons. The lowest BCUT2D eigenvalue weighted by molar-refractivity contribution is 0.322. The lowest BCUT2D eigenvalue weighted by Crippen LogP contribution is -2.29. The van der Waals surface area contributed by atoms with Gasteiger partial charge in [0, 0.05) is 6.54 Å². The molecule has 0 radical (unpaired) electrons. The minimum Gasteiger partial charge on any atom is -0.492 e. The van der Waals surface area contributed by atoms with Crippen LogP contribution < -0.4 is 9.46 Å². The Morgan fingerprint density at radius 2 is 2.04 bits per heavy atom. The van der Waals surface area contributed by atoms with Crippen LogP contribution in [0.1, 0.15) is 28.9 Å². The van der Waals surface area contributed by atoms with Gasteiger partial charge in [-0.15, -0.1) is 0 Å². The summed E-state index contributed by atoms with van der Waals surface area (Å²) in [5.74, 6) is 0.792. The Hall–Kier alpha value is -1.86. The normalized spacial score (nSPS) is 14.0. The van der Waals surface area contributed by atoms with Crippen molar-refractivity contribution in [2.75, 3.05) is 13.2 Å². The Labute approximate surface area is 136 Å². The maximum Gasteiger partial charge on any atom is 0.244 e. The smallest absolute Gasteiger partial charge is 0.244 e. The van der Waals surface area contributed by atoms with Crippen LogP contribution >= 0.6 is 0 Å². The minimum atomic E-state index is -3.57. The fourth-order valence-electron chi connectivity index (χ4n) is 2.99. The van der Waals surface area contributed by atoms with Gasteiger partial charge < -0.3 is 4.74 Å². The monoisotopic (exact) mass is 335 g/mol. The second-order valence-electron chi connectivity index (χ2n) is 5.79. The second kappa shape index (κ2) is 6.33. The number of aromatic amines is 1. The van der Waals surface area contributed by atoms with Gasteiger partial charge in [0.1, 0.15) is 17.3 Å². The molecular weight excluding hydrogens is 314 g/mol. The third-order valence-electron chi connectivity index (χ3n) is 4.06. The molecule has 0 atom stereocenters. The van der Waals surface area contributed by atoms with Crippen molar-refractivity contribution in [3.05, 3.63) is 40.7 Å². The van der Waals surface area contributed by atoms with E-state index in [1.807, 2.05) is 6.07 Å². The maximum absolute atomic E-state index is 12.3. The molecule has 23 heavy (non-hydrogen) atoms. The van der Waals surface area contributed by atoms with Gasteiger partial charge in [0.15, 0.2) is 0 Å². The van der Waals surface area contributed by atoms with Crippen molar-refractivity contribution < 1.29 is 13.2 Å². The Morgan fingerprint density at radius 3 is 2.78 bits per heavy atom. The van der Waals surface area contributed by atoms with Crippen molar-refractivity contribution in [3.8, 4) is 5.75 Å². The van der Waals surface area contributed by atoms with Crippen molar-refractivity contribution in [1.29, 1.82) is 0 Å². The van der Waals surface area contributed by atoms with Gasteiger partial charge in [-0.1, -0.05) is 6.07 Å². The van der Waals surface area contributed by atoms with Crippen LogP contribution in [0.3, 0.4) is 0 Å². The number of sulfonamides is 1. The molecule has 1 aliphatic carbocycles. The minimum absolute atomic E-state index is 0.212. The number of benzene rings is 1. The third-order valence-corrected chi connectivity index (χ3v) is 5.79. The van der Waals surface area contributed by atoms with E-state index in [0.29, 0.717) is 11.4 Å². The molecule has 0 saturated carbocycles. The number of hydrogen-bond acceptors (Lipinski definition) is 4. The van der Waals surface area contributed by atoms with Crippen LogP contribution in [-0.4, -0.2) is 31.8 Å². The van der Waals surface area contributed by atoms with Gasteiger partial charge in [0.2, 0.25) is 10.0 Å². The molecule has 1 aromatic carbocycles. The molecule has 0 aliphatic heterocycles. The highest BCUT2D eigenvalue weighted by atomic mass is 32.2. The number of aromatic nitrogens is 2. The summed E-state index contributed by atoms with van der Waals surface area (Å²) in [5, 5.41) is 6.60. The molecule has 6 nitrogen and oxygen atoms in total. The standard InChI is InChI=1S/C16H21N3O3S/c1-11-16(12(2)19-18-11)23(20,21)17-8-9-22-15-7-6-13-4-3-5-14(13)10-15/h6-7,10,17H,3-5,8-9H2,1-2H3,(H,18,19). The first-order chi connectivity index (χ1) is 11.0. The van der Waals surface area contributed by atoms with Crippen LogP contribution in [0, 0.1) is 13.8 Å². The number of rotatable bonds is 6. The van der Waals surface area contributed by atoms with E-state index in [1.54, 1.807) is 13.8 Å². The van der Waals surface area contributed by atoms with Crippen LogP contribution in [0.5, 0.6) is 5.75 Å². The first-order valence-corrected chi connectivity index (χ1v) is 9.21. The molecule has 0 saturated heterocycles. The summed E-state index contributed by atoms with van der Waals surface area (Å²) in [5.41, 5.74) is 3.74. The quantitative estimate of drug-likeness (QED) is 0.790. The zero-order valence-electron chi connectivity index (χ0n) is 13.3. The SMILES string of the molecule is Cc1n[nH]c(C)c1S(=O)(=O)NCCOc1ccc2c(c1)CCC2. The zero-order valence-corrected chi connectivity index (χ0v) is 14.2. The van der Waals surface area contributed by atoms with E-state index in [9.17, 15) is 8.42 Å². The highest BCUT2D eigenvalue weighted by molar-refractivity contribution is 7.89. The Kier molecular flexibility index (Phi) is 4.41. The van der Waals surface area contributed by atoms with Crippen molar-refractivity contribution in [2.24, 2.45) is 0 Å². The fourth-order valence-corrected chi connectivity index (χ4v) is 4.37. The van der Waals surface area contributed by atoms with E-state index in [4.69, 9.17) is 4.74 Å². The van der Waals surface area contributed by atoms with Gasteiger partial charge in [-0.3, -0.25) is 5.10 Å². The second-order valence-corrected chi connectivity index (χ2v) is 7.50. The van der Waals surface area contributed by atoms with Crippen LogP contribution in [0.15, 0.2) is 23.1 Å². The van der Waals surface area contributed by atoms with Crippen LogP contribution in [0.25, 0.3) is 0 Å². The Morgan fingerprint density at radius 1 is 1.26 bits per heavy atom. The summed E-state index contributed by atoms with van der Waals surface area (Å²) in [6.45, 7) is 3.85. The van der Waals surface area contributed by atoms with Crippen molar-refractivity contribution >= 4 is 10.0 Å². The average molecular weight is 335 g/mol. The number of nitrogens with one attached hydrogen (secondary N) is 2. The van der Waals surface area contributed by atoms with Crippen molar-refractivity contribution in [1.82, 2.24) is 14.9 Å². The summed E-state index contributed by atoms with van der Waals surface area (Å²) in [6, 6.07) is 6.10. The molecule has 3 rings (SSSR count). The van der Waals surface area contributed by atoms with Gasteiger partial charge in [-0.25, -0.2) is 13.1 Å². The lowest BCUT2D eigenvalue weighted by atomic mass is 10.1. The molecule has 0 fully saturated rings. The summed E-state index contributed by atoms with van der Waals surface area (Å²) < 4.78 is 32.8. The summed E-state index contributed by atoms with van der Waals surface area (Å²) >= 11 is 0. The number of H-pyrrole nitrogens is 1. The van der Waals surface area contributed by atoms with E-state index in [2.05, 4.69) is 27.1 Å². The summed E-state index contributed by atoms with van der Waals surface area (Å²) in [4.78, 5) is 0.218. The first-order valence-electron chi connectivity index (χ1n) is 7.73. The molecule has 0 bridgehead atoms. The predicted molar refractivity (Wildman–Crippen MR) is 87.2 cm³/mol. The predicted octanol–water partition coefficient (Wildman–Crippen LogP) is 1.87. The van der Waals surface area contributed by atoms with Crippen LogP contribution in [0.2, 0.25) is 0 Å². The molecule has 0 unspecified atom stereocenters. The fraction of sp³-hybridized carbons (Fsp3) is 0.438. The largest absolute Gasteiger partial charge is 0.492 e. The molecule has 2 aromatic rings. The van der Waals surface area contributed by atoms with Crippen molar-refractivity contribution in [2.45, 2.75) is 38.0 Å². The molecule has 0 spiro atoms. The third kappa shape index (κ3) is 3.40. The number of ether oxygens (including phenoxy) is 1.